The van der Waals surface area contributed by atoms with Gasteiger partial charge in [-0.1, -0.05) is 0 Å². The molecule has 49 valence electrons. The van der Waals surface area contributed by atoms with Crippen molar-refractivity contribution in [2.45, 2.75) is 0 Å². The standard InChI is InChI=1S/3H3NS.H2S.Sb/c3*1-2;;/h3*1H3;1H2;/q3*+1;;+3. The van der Waals surface area contributed by atoms with E-state index >= 15 is 0 Å². The summed E-state index contributed by atoms with van der Waals surface area (Å²) < 4.78 is 0. The quantitative estimate of drug-likeness (QED) is 0.423. The topological polar surface area (TPSA) is 82.9 Å². The third kappa shape index (κ3) is 92.7. The van der Waals surface area contributed by atoms with Gasteiger partial charge in [-0.15, -0.1) is 0 Å². The molecule has 0 rings (SSSR count). The minimum atomic E-state index is 0. The van der Waals surface area contributed by atoms with Gasteiger partial charge < -0.3 is 0 Å². The summed E-state index contributed by atoms with van der Waals surface area (Å²) in [5, 5.41) is 8.50. The van der Waals surface area contributed by atoms with Crippen LogP contribution in [0.5, 0.6) is 0 Å². The summed E-state index contributed by atoms with van der Waals surface area (Å²) in [7, 11) is 0. The molecule has 0 atom stereocenters. The first-order valence-electron chi connectivity index (χ1n) is 0.866. The van der Waals surface area contributed by atoms with E-state index in [2.05, 4.69) is 53.9 Å². The van der Waals surface area contributed by atoms with Gasteiger partial charge in [0.05, 0.1) is 0 Å². The SMILES string of the molecule is S.[NH3+][S].[NH3+][S].[NH3+][S].[Sb+3]. The molecule has 0 aliphatic rings. The van der Waals surface area contributed by atoms with Crippen LogP contribution in [-0.2, 0) is 0 Å². The fourth-order valence-corrected chi connectivity index (χ4v) is 0. The second kappa shape index (κ2) is 136. The molecule has 0 unspecified atom stereocenters. The molecule has 9 N–H and O–H groups in total. The fourth-order valence-electron chi connectivity index (χ4n) is 0. The van der Waals surface area contributed by atoms with Gasteiger partial charge in [0.15, 0.2) is 0 Å². The number of hydrogen-bond donors (Lipinski definition) is 3. The van der Waals surface area contributed by atoms with Crippen LogP contribution in [0.3, 0.4) is 0 Å². The maximum absolute atomic E-state index is 3.83. The Morgan fingerprint density at radius 3 is 0.625 bits per heavy atom. The second-order valence-corrected chi connectivity index (χ2v) is 0. The van der Waals surface area contributed by atoms with Gasteiger partial charge in [0.1, 0.15) is 0 Å². The Hall–Kier alpha value is 2.10. The Labute approximate surface area is 91.0 Å². The molecule has 0 aliphatic heterocycles. The zero-order chi connectivity index (χ0) is 6.00. The largest absolute Gasteiger partial charge is 3.00 e. The van der Waals surface area contributed by atoms with Crippen molar-refractivity contribution in [1.29, 1.82) is 0 Å². The van der Waals surface area contributed by atoms with Crippen LogP contribution >= 0.6 is 51.9 Å². The van der Waals surface area contributed by atoms with Crippen LogP contribution in [0.2, 0.25) is 0 Å². The minimum absolute atomic E-state index is 0. The summed E-state index contributed by atoms with van der Waals surface area (Å²) in [6.07, 6.45) is 0. The zero-order valence-corrected chi connectivity index (χ0v) is 10.3. The molecule has 0 aromatic rings. The van der Waals surface area contributed by atoms with Crippen molar-refractivity contribution in [3.8, 4) is 0 Å². The summed E-state index contributed by atoms with van der Waals surface area (Å²) >= 11 is 11.5. The molecule has 0 aliphatic carbocycles. The van der Waals surface area contributed by atoms with Crippen molar-refractivity contribution in [2.75, 3.05) is 0 Å². The van der Waals surface area contributed by atoms with Crippen molar-refractivity contribution in [3.63, 3.8) is 0 Å². The normalized spacial score (nSPS) is 2.25. The Morgan fingerprint density at radius 1 is 0.625 bits per heavy atom. The van der Waals surface area contributed by atoms with Crippen molar-refractivity contribution in [3.05, 3.63) is 0 Å². The Balaban J connectivity index is -0.00000000500. The molecule has 0 heterocycles. The van der Waals surface area contributed by atoms with Gasteiger partial charge in [0.2, 0.25) is 38.4 Å². The van der Waals surface area contributed by atoms with E-state index in [1.807, 2.05) is 0 Å². The van der Waals surface area contributed by atoms with Crippen LogP contribution in [0.4, 0.5) is 0 Å². The van der Waals surface area contributed by atoms with Crippen LogP contribution in [0, 0.1) is 0 Å². The molecule has 0 aromatic carbocycles. The molecule has 0 saturated heterocycles. The molecular formula is H11N3S4Sb+6. The molecule has 8 heavy (non-hydrogen) atoms. The molecule has 8 heteroatoms. The first-order chi connectivity index (χ1) is 3.00. The molecule has 3 nitrogen and oxygen atoms in total. The van der Waals surface area contributed by atoms with Crippen LogP contribution in [0.1, 0.15) is 0 Å². The van der Waals surface area contributed by atoms with Gasteiger partial charge in [-0.05, 0) is 0 Å². The average Bonchev–Trinajstić information content (AvgIpc) is 1.81. The maximum atomic E-state index is 3.83. The Bertz CT molecular complexity index is 11.2. The predicted octanol–water partition coefficient (Wildman–Crippen LogP) is -2.25. The van der Waals surface area contributed by atoms with Gasteiger partial charge in [-0.3, -0.25) is 15.4 Å². The van der Waals surface area contributed by atoms with Crippen molar-refractivity contribution in [1.82, 2.24) is 0 Å². The maximum Gasteiger partial charge on any atom is 3.00 e. The monoisotopic (exact) mass is 302 g/mol. The summed E-state index contributed by atoms with van der Waals surface area (Å²) in [6, 6.07) is 0. The number of rotatable bonds is 0. The molecule has 0 amide bonds. The number of hydrogen-bond acceptors (Lipinski definition) is 0. The van der Waals surface area contributed by atoms with Gasteiger partial charge in [-0.2, -0.15) is 13.5 Å². The molecule has 0 bridgehead atoms. The van der Waals surface area contributed by atoms with Gasteiger partial charge in [0.25, 0.3) is 0 Å². The van der Waals surface area contributed by atoms with Crippen LogP contribution in [-0.4, -0.2) is 24.4 Å². The van der Waals surface area contributed by atoms with Crippen molar-refractivity contribution < 1.29 is 15.4 Å². The zero-order valence-electron chi connectivity index (χ0n) is 4.29. The predicted molar refractivity (Wildman–Crippen MR) is 47.6 cm³/mol. The first kappa shape index (κ1) is 32.2. The fraction of sp³-hybridized carbons (Fsp3) is 0. The molecule has 0 aromatic heterocycles. The van der Waals surface area contributed by atoms with E-state index < -0.39 is 0 Å². The van der Waals surface area contributed by atoms with E-state index in [0.29, 0.717) is 0 Å². The smallest absolute Gasteiger partial charge is 0.282 e. The summed E-state index contributed by atoms with van der Waals surface area (Å²) in [5.74, 6) is 0. The van der Waals surface area contributed by atoms with Gasteiger partial charge in [0, 0.05) is 0 Å². The van der Waals surface area contributed by atoms with E-state index in [1.165, 1.54) is 0 Å². The Morgan fingerprint density at radius 2 is 0.625 bits per heavy atom. The van der Waals surface area contributed by atoms with Crippen LogP contribution < -0.4 is 15.4 Å². The third-order valence-corrected chi connectivity index (χ3v) is 0. The van der Waals surface area contributed by atoms with Gasteiger partial charge in [-0.25, -0.2) is 0 Å². The summed E-state index contributed by atoms with van der Waals surface area (Å²) in [5.41, 5.74) is 0. The first-order valence-corrected chi connectivity index (χ1v) is 2.60. The van der Waals surface area contributed by atoms with Gasteiger partial charge >= 0.3 is 24.4 Å². The molecule has 0 saturated carbocycles. The van der Waals surface area contributed by atoms with Crippen molar-refractivity contribution in [2.24, 2.45) is 0 Å². The molecular weight excluding hydrogens is 292 g/mol. The minimum Gasteiger partial charge on any atom is -0.282 e. The summed E-state index contributed by atoms with van der Waals surface area (Å²) in [6.45, 7) is 0. The molecule has 5 radical (unpaired) electrons. The van der Waals surface area contributed by atoms with E-state index in [0.717, 1.165) is 0 Å². The Kier molecular flexibility index (Phi) is 545. The average molecular weight is 303 g/mol. The van der Waals surface area contributed by atoms with E-state index in [1.54, 1.807) is 0 Å². The van der Waals surface area contributed by atoms with Crippen LogP contribution in [0.25, 0.3) is 0 Å². The second-order valence-electron chi connectivity index (χ2n) is 0. The van der Waals surface area contributed by atoms with Crippen LogP contribution in [0.15, 0.2) is 0 Å². The number of quaternary nitrogens is 3. The van der Waals surface area contributed by atoms with Crippen molar-refractivity contribution >= 4 is 76.4 Å². The van der Waals surface area contributed by atoms with E-state index in [-0.39, 0.29) is 37.9 Å². The van der Waals surface area contributed by atoms with E-state index in [9.17, 15) is 0 Å². The third-order valence-electron chi connectivity index (χ3n) is 0. The molecule has 0 fully saturated rings. The van der Waals surface area contributed by atoms with E-state index in [4.69, 9.17) is 0 Å². The summed E-state index contributed by atoms with van der Waals surface area (Å²) in [4.78, 5) is 0. The molecule has 0 spiro atoms.